The minimum Gasteiger partial charge on any atom is -0.352 e. The molecule has 6 heteroatoms. The van der Waals surface area contributed by atoms with Crippen molar-refractivity contribution in [3.8, 4) is 11.4 Å². The monoisotopic (exact) mass is 370 g/mol. The first-order valence-electron chi connectivity index (χ1n) is 10.2. The number of carbonyl (C=O) groups excluding carboxylic acids is 1. The largest absolute Gasteiger partial charge is 0.352 e. The van der Waals surface area contributed by atoms with Crippen LogP contribution in [0.3, 0.4) is 0 Å². The maximum atomic E-state index is 12.2. The Hall–Kier alpha value is -2.21. The number of aromatic nitrogens is 2. The molecule has 27 heavy (non-hydrogen) atoms. The molecular weight excluding hydrogens is 340 g/mol. The summed E-state index contributed by atoms with van der Waals surface area (Å²) in [4.78, 5) is 16.7. The van der Waals surface area contributed by atoms with Crippen LogP contribution in [0.15, 0.2) is 28.8 Å². The molecule has 1 saturated heterocycles. The Morgan fingerprint density at radius 3 is 2.70 bits per heavy atom. The zero-order valence-electron chi connectivity index (χ0n) is 16.2. The Balaban J connectivity index is 1.46. The molecule has 1 unspecified atom stereocenters. The molecule has 1 amide bonds. The predicted molar refractivity (Wildman–Crippen MR) is 106 cm³/mol. The Labute approximate surface area is 161 Å². The molecule has 0 bridgehead atoms. The molecule has 0 spiro atoms. The van der Waals surface area contributed by atoms with E-state index >= 15 is 0 Å². The fourth-order valence-electron chi connectivity index (χ4n) is 3.36. The summed E-state index contributed by atoms with van der Waals surface area (Å²) in [6.45, 7) is 4.83. The van der Waals surface area contributed by atoms with Crippen LogP contribution >= 0.6 is 0 Å². The highest BCUT2D eigenvalue weighted by Gasteiger charge is 2.23. The molecule has 1 atom stereocenters. The van der Waals surface area contributed by atoms with Crippen LogP contribution in [0.1, 0.15) is 74.0 Å². The van der Waals surface area contributed by atoms with Crippen molar-refractivity contribution < 1.29 is 9.32 Å². The molecule has 3 rings (SSSR count). The normalized spacial score (nSPS) is 16.6. The second kappa shape index (κ2) is 10.2. The quantitative estimate of drug-likeness (QED) is 0.620. The number of nitrogens with zero attached hydrogens (tertiary/aromatic N) is 2. The van der Waals surface area contributed by atoms with Crippen LogP contribution in [0.2, 0.25) is 0 Å². The molecule has 1 aliphatic rings. The fraction of sp³-hybridized carbons (Fsp3) is 0.571. The molecule has 0 radical (unpaired) electrons. The van der Waals surface area contributed by atoms with Gasteiger partial charge in [0.2, 0.25) is 11.7 Å². The first-order chi connectivity index (χ1) is 13.3. The SMILES string of the molecule is CCCCCCCCNC(=O)c1ccc(-c2noc(C3CCNC3)n2)cc1. The highest BCUT2D eigenvalue weighted by Crippen LogP contribution is 2.24. The van der Waals surface area contributed by atoms with E-state index in [-0.39, 0.29) is 5.91 Å². The van der Waals surface area contributed by atoms with Gasteiger partial charge in [0.05, 0.1) is 5.92 Å². The van der Waals surface area contributed by atoms with E-state index in [1.165, 1.54) is 32.1 Å². The third-order valence-corrected chi connectivity index (χ3v) is 5.07. The maximum Gasteiger partial charge on any atom is 0.251 e. The molecule has 2 heterocycles. The van der Waals surface area contributed by atoms with E-state index in [1.54, 1.807) is 0 Å². The van der Waals surface area contributed by atoms with Gasteiger partial charge in [0.1, 0.15) is 0 Å². The number of amides is 1. The van der Waals surface area contributed by atoms with E-state index in [9.17, 15) is 4.79 Å². The van der Waals surface area contributed by atoms with Gasteiger partial charge in [-0.2, -0.15) is 4.98 Å². The average Bonchev–Trinajstić information content (AvgIpc) is 3.39. The summed E-state index contributed by atoms with van der Waals surface area (Å²) in [6, 6.07) is 7.39. The molecule has 0 saturated carbocycles. The zero-order valence-corrected chi connectivity index (χ0v) is 16.2. The molecule has 1 aromatic heterocycles. The number of rotatable bonds is 10. The molecule has 6 nitrogen and oxygen atoms in total. The van der Waals surface area contributed by atoms with E-state index in [0.717, 1.165) is 38.0 Å². The van der Waals surface area contributed by atoms with Gasteiger partial charge in [-0.25, -0.2) is 0 Å². The average molecular weight is 370 g/mol. The summed E-state index contributed by atoms with van der Waals surface area (Å²) in [6.07, 6.45) is 8.35. The molecule has 1 aliphatic heterocycles. The van der Waals surface area contributed by atoms with Crippen LogP contribution in [-0.2, 0) is 0 Å². The van der Waals surface area contributed by atoms with Gasteiger partial charge in [-0.3, -0.25) is 4.79 Å². The smallest absolute Gasteiger partial charge is 0.251 e. The second-order valence-corrected chi connectivity index (χ2v) is 7.25. The van der Waals surface area contributed by atoms with E-state index in [1.807, 2.05) is 24.3 Å². The van der Waals surface area contributed by atoms with Crippen LogP contribution in [0, 0.1) is 0 Å². The van der Waals surface area contributed by atoms with Crippen molar-refractivity contribution >= 4 is 5.91 Å². The fourth-order valence-corrected chi connectivity index (χ4v) is 3.36. The third-order valence-electron chi connectivity index (χ3n) is 5.07. The van der Waals surface area contributed by atoms with Crippen molar-refractivity contribution in [2.45, 2.75) is 57.8 Å². The van der Waals surface area contributed by atoms with Crippen LogP contribution in [0.25, 0.3) is 11.4 Å². The number of nitrogens with one attached hydrogen (secondary N) is 2. The summed E-state index contributed by atoms with van der Waals surface area (Å²) >= 11 is 0. The standard InChI is InChI=1S/C21H30N4O2/c1-2-3-4-5-6-7-13-23-20(26)17-10-8-16(9-11-17)19-24-21(27-25-19)18-12-14-22-15-18/h8-11,18,22H,2-7,12-15H2,1H3,(H,23,26). The number of carbonyl (C=O) groups is 1. The van der Waals surface area contributed by atoms with Crippen molar-refractivity contribution in [3.05, 3.63) is 35.7 Å². The number of unbranched alkanes of at least 4 members (excludes halogenated alkanes) is 5. The van der Waals surface area contributed by atoms with Gasteiger partial charge in [-0.1, -0.05) is 56.3 Å². The molecule has 1 fully saturated rings. The minimum absolute atomic E-state index is 0.0269. The van der Waals surface area contributed by atoms with Gasteiger partial charge in [0, 0.05) is 24.2 Å². The summed E-state index contributed by atoms with van der Waals surface area (Å²) < 4.78 is 5.40. The zero-order chi connectivity index (χ0) is 18.9. The third kappa shape index (κ3) is 5.63. The van der Waals surface area contributed by atoms with Crippen molar-refractivity contribution in [2.24, 2.45) is 0 Å². The lowest BCUT2D eigenvalue weighted by molar-refractivity contribution is 0.0953. The maximum absolute atomic E-state index is 12.2. The number of hydrogen-bond acceptors (Lipinski definition) is 5. The van der Waals surface area contributed by atoms with Crippen LogP contribution < -0.4 is 10.6 Å². The summed E-state index contributed by atoms with van der Waals surface area (Å²) in [5.74, 6) is 1.55. The Morgan fingerprint density at radius 1 is 1.19 bits per heavy atom. The summed E-state index contributed by atoms with van der Waals surface area (Å²) in [7, 11) is 0. The first-order valence-corrected chi connectivity index (χ1v) is 10.2. The second-order valence-electron chi connectivity index (χ2n) is 7.25. The lowest BCUT2D eigenvalue weighted by atomic mass is 10.1. The molecule has 2 aromatic rings. The van der Waals surface area contributed by atoms with Crippen molar-refractivity contribution in [2.75, 3.05) is 19.6 Å². The van der Waals surface area contributed by atoms with E-state index in [2.05, 4.69) is 27.7 Å². The Morgan fingerprint density at radius 2 is 1.96 bits per heavy atom. The topological polar surface area (TPSA) is 80.0 Å². The lowest BCUT2D eigenvalue weighted by Gasteiger charge is -2.05. The highest BCUT2D eigenvalue weighted by atomic mass is 16.5. The van der Waals surface area contributed by atoms with Crippen LogP contribution in [0.4, 0.5) is 0 Å². The Kier molecular flexibility index (Phi) is 7.39. The van der Waals surface area contributed by atoms with E-state index in [0.29, 0.717) is 23.2 Å². The lowest BCUT2D eigenvalue weighted by Crippen LogP contribution is -2.24. The van der Waals surface area contributed by atoms with Gasteiger partial charge in [-0.15, -0.1) is 0 Å². The van der Waals surface area contributed by atoms with Gasteiger partial charge in [-0.05, 0) is 31.5 Å². The minimum atomic E-state index is -0.0269. The predicted octanol–water partition coefficient (Wildman–Crippen LogP) is 3.90. The molecule has 2 N–H and O–H groups in total. The van der Waals surface area contributed by atoms with E-state index in [4.69, 9.17) is 4.52 Å². The van der Waals surface area contributed by atoms with Crippen LogP contribution in [-0.4, -0.2) is 35.7 Å². The molecule has 0 aliphatic carbocycles. The summed E-state index contributed by atoms with van der Waals surface area (Å²) in [5.41, 5.74) is 1.52. The van der Waals surface area contributed by atoms with Gasteiger partial charge in [0.25, 0.3) is 5.91 Å². The molecule has 1 aromatic carbocycles. The number of benzene rings is 1. The molecular formula is C21H30N4O2. The molecule has 146 valence electrons. The Bertz CT molecular complexity index is 705. The van der Waals surface area contributed by atoms with Crippen molar-refractivity contribution in [1.29, 1.82) is 0 Å². The first kappa shape index (κ1) is 19.5. The highest BCUT2D eigenvalue weighted by molar-refractivity contribution is 5.94. The van der Waals surface area contributed by atoms with Gasteiger partial charge in [0.15, 0.2) is 0 Å². The summed E-state index contributed by atoms with van der Waals surface area (Å²) in [5, 5.41) is 10.4. The van der Waals surface area contributed by atoms with Crippen molar-refractivity contribution in [3.63, 3.8) is 0 Å². The van der Waals surface area contributed by atoms with Crippen LogP contribution in [0.5, 0.6) is 0 Å². The number of hydrogen-bond donors (Lipinski definition) is 2. The van der Waals surface area contributed by atoms with Gasteiger partial charge < -0.3 is 15.2 Å². The van der Waals surface area contributed by atoms with E-state index < -0.39 is 0 Å². The van der Waals surface area contributed by atoms with Gasteiger partial charge >= 0.3 is 0 Å². The van der Waals surface area contributed by atoms with Crippen molar-refractivity contribution in [1.82, 2.24) is 20.8 Å².